The first-order chi connectivity index (χ1) is 13.3. The Bertz CT molecular complexity index is 657. The summed E-state index contributed by atoms with van der Waals surface area (Å²) in [4.78, 5) is 23.4. The largest absolute Gasteiger partial charge is 0.414 e. The topological polar surface area (TPSA) is 87.7 Å². The van der Waals surface area contributed by atoms with Gasteiger partial charge in [-0.1, -0.05) is 38.5 Å². The van der Waals surface area contributed by atoms with Crippen LogP contribution < -0.4 is 10.6 Å². The average Bonchev–Trinajstić information content (AvgIpc) is 2.64. The predicted molar refractivity (Wildman–Crippen MR) is 121 cm³/mol. The number of aliphatic hydroxyl groups excluding tert-OH is 1. The van der Waals surface area contributed by atoms with Crippen LogP contribution in [-0.4, -0.2) is 51.0 Å². The molecule has 0 aliphatic rings. The Kier molecular flexibility index (Phi) is 11.2. The Labute approximate surface area is 177 Å². The number of allylic oxidation sites excluding steroid dienone is 2. The lowest BCUT2D eigenvalue weighted by Crippen LogP contribution is -2.50. The Morgan fingerprint density at radius 2 is 1.86 bits per heavy atom. The number of hydrogen-bond donors (Lipinski definition) is 3. The number of carbonyl (C=O) groups is 2. The van der Waals surface area contributed by atoms with Gasteiger partial charge in [0.25, 0.3) is 0 Å². The Hall–Kier alpha value is -1.88. The summed E-state index contributed by atoms with van der Waals surface area (Å²) in [5.74, 6) is 1.95. The van der Waals surface area contributed by atoms with Crippen molar-refractivity contribution in [3.63, 3.8) is 0 Å². The Morgan fingerprint density at radius 3 is 2.34 bits per heavy atom. The molecule has 3 atom stereocenters. The van der Waals surface area contributed by atoms with Gasteiger partial charge < -0.3 is 20.2 Å². The molecule has 0 fully saturated rings. The van der Waals surface area contributed by atoms with Gasteiger partial charge in [-0.05, 0) is 44.5 Å². The minimum absolute atomic E-state index is 0.0141. The van der Waals surface area contributed by atoms with Crippen molar-refractivity contribution in [2.75, 3.05) is 13.2 Å². The van der Waals surface area contributed by atoms with Gasteiger partial charge in [0.2, 0.25) is 12.3 Å². The first-order valence-corrected chi connectivity index (χ1v) is 12.8. The highest BCUT2D eigenvalue weighted by atomic mass is 28.4. The monoisotopic (exact) mass is 422 g/mol. The van der Waals surface area contributed by atoms with Gasteiger partial charge in [-0.15, -0.1) is 12.3 Å². The minimum atomic E-state index is -2.03. The molecule has 0 heterocycles. The van der Waals surface area contributed by atoms with Gasteiger partial charge in [0.05, 0.1) is 12.7 Å². The molecule has 0 aromatic heterocycles. The van der Waals surface area contributed by atoms with E-state index in [1.54, 1.807) is 13.0 Å². The zero-order valence-corrected chi connectivity index (χ0v) is 20.1. The van der Waals surface area contributed by atoms with E-state index in [9.17, 15) is 14.7 Å². The summed E-state index contributed by atoms with van der Waals surface area (Å²) >= 11 is 0. The summed E-state index contributed by atoms with van der Waals surface area (Å²) < 4.78 is 6.06. The number of aliphatic hydroxyl groups is 1. The lowest BCUT2D eigenvalue weighted by Gasteiger charge is -2.37. The van der Waals surface area contributed by atoms with Crippen molar-refractivity contribution in [3.05, 3.63) is 23.3 Å². The maximum Gasteiger partial charge on any atom is 0.245 e. The van der Waals surface area contributed by atoms with Gasteiger partial charge in [0, 0.05) is 12.5 Å². The quantitative estimate of drug-likeness (QED) is 0.207. The van der Waals surface area contributed by atoms with Crippen molar-refractivity contribution in [3.8, 4) is 12.3 Å². The molecule has 0 aromatic rings. The van der Waals surface area contributed by atoms with Gasteiger partial charge in [-0.2, -0.15) is 0 Å². The first-order valence-electron chi connectivity index (χ1n) is 9.86. The second kappa shape index (κ2) is 12.0. The molecule has 0 saturated heterocycles. The van der Waals surface area contributed by atoms with Crippen molar-refractivity contribution in [1.29, 1.82) is 0 Å². The summed E-state index contributed by atoms with van der Waals surface area (Å²) in [6.45, 7) is 16.5. The van der Waals surface area contributed by atoms with Crippen molar-refractivity contribution < 1.29 is 19.1 Å². The fraction of sp³-hybridized carbons (Fsp3) is 0.636. The fourth-order valence-electron chi connectivity index (χ4n) is 2.06. The molecular weight excluding hydrogens is 384 g/mol. The van der Waals surface area contributed by atoms with Gasteiger partial charge in [0.1, 0.15) is 6.04 Å². The Morgan fingerprint density at radius 1 is 1.28 bits per heavy atom. The molecule has 3 N–H and O–H groups in total. The molecular formula is C22H38N2O4Si. The van der Waals surface area contributed by atoms with Crippen LogP contribution in [0.2, 0.25) is 18.1 Å². The number of carbonyl (C=O) groups excluding carboxylic acids is 2. The zero-order chi connectivity index (χ0) is 22.8. The van der Waals surface area contributed by atoms with E-state index >= 15 is 0 Å². The smallest absolute Gasteiger partial charge is 0.245 e. The van der Waals surface area contributed by atoms with Crippen LogP contribution in [0.4, 0.5) is 0 Å². The van der Waals surface area contributed by atoms with Crippen molar-refractivity contribution in [2.45, 2.75) is 71.8 Å². The van der Waals surface area contributed by atoms with Gasteiger partial charge in [0.15, 0.2) is 8.32 Å². The molecule has 0 saturated carbocycles. The van der Waals surface area contributed by atoms with Crippen LogP contribution in [0.1, 0.15) is 41.5 Å². The summed E-state index contributed by atoms with van der Waals surface area (Å²) in [5.41, 5.74) is 1.65. The van der Waals surface area contributed by atoms with E-state index in [1.807, 2.05) is 19.9 Å². The molecule has 0 spiro atoms. The summed E-state index contributed by atoms with van der Waals surface area (Å²) in [6, 6.07) is -0.745. The highest BCUT2D eigenvalue weighted by molar-refractivity contribution is 6.74. The lowest BCUT2D eigenvalue weighted by atomic mass is 9.99. The predicted octanol–water partition coefficient (Wildman–Crippen LogP) is 2.76. The van der Waals surface area contributed by atoms with E-state index in [2.05, 4.69) is 50.4 Å². The highest BCUT2D eigenvalue weighted by Gasteiger charge is 2.38. The van der Waals surface area contributed by atoms with Crippen molar-refractivity contribution in [1.82, 2.24) is 10.6 Å². The SMILES string of the molecule is C#C[C@H](C)[C@H](O)/C(C)=C/C=C(\C)CNC(=O)[C@H](CO[Si](C)(C)C(C)(C)C)NC=O. The van der Waals surface area contributed by atoms with E-state index in [0.717, 1.165) is 11.1 Å². The molecule has 29 heavy (non-hydrogen) atoms. The molecule has 0 radical (unpaired) electrons. The van der Waals surface area contributed by atoms with Crippen LogP contribution in [0.25, 0.3) is 0 Å². The van der Waals surface area contributed by atoms with Crippen LogP contribution in [0.5, 0.6) is 0 Å². The minimum Gasteiger partial charge on any atom is -0.414 e. The molecule has 164 valence electrons. The van der Waals surface area contributed by atoms with Crippen molar-refractivity contribution >= 4 is 20.6 Å². The molecule has 2 amide bonds. The van der Waals surface area contributed by atoms with Crippen LogP contribution in [0, 0.1) is 18.3 Å². The molecule has 7 heteroatoms. The molecule has 0 bridgehead atoms. The van der Waals surface area contributed by atoms with Gasteiger partial charge in [-0.25, -0.2) is 0 Å². The zero-order valence-electron chi connectivity index (χ0n) is 19.1. The number of amides is 2. The maximum atomic E-state index is 12.5. The molecule has 0 aliphatic carbocycles. The third kappa shape index (κ3) is 9.44. The molecule has 6 nitrogen and oxygen atoms in total. The second-order valence-electron chi connectivity index (χ2n) is 8.95. The van der Waals surface area contributed by atoms with E-state index < -0.39 is 20.5 Å². The second-order valence-corrected chi connectivity index (χ2v) is 13.8. The van der Waals surface area contributed by atoms with Crippen LogP contribution in [0.3, 0.4) is 0 Å². The van der Waals surface area contributed by atoms with Crippen LogP contribution >= 0.6 is 0 Å². The normalized spacial score (nSPS) is 16.4. The van der Waals surface area contributed by atoms with Gasteiger partial charge in [-0.3, -0.25) is 9.59 Å². The van der Waals surface area contributed by atoms with Gasteiger partial charge >= 0.3 is 0 Å². The Balaban J connectivity index is 4.88. The molecule has 0 aromatic carbocycles. The fourth-order valence-corrected chi connectivity index (χ4v) is 3.07. The average molecular weight is 423 g/mol. The highest BCUT2D eigenvalue weighted by Crippen LogP contribution is 2.36. The third-order valence-electron chi connectivity index (χ3n) is 5.38. The van der Waals surface area contributed by atoms with Crippen molar-refractivity contribution in [2.24, 2.45) is 5.92 Å². The molecule has 0 rings (SSSR count). The molecule has 0 unspecified atom stereocenters. The van der Waals surface area contributed by atoms with E-state index in [1.165, 1.54) is 0 Å². The summed E-state index contributed by atoms with van der Waals surface area (Å²) in [7, 11) is -2.03. The summed E-state index contributed by atoms with van der Waals surface area (Å²) in [5, 5.41) is 15.4. The van der Waals surface area contributed by atoms with E-state index in [-0.39, 0.29) is 23.5 Å². The first kappa shape index (κ1) is 27.1. The van der Waals surface area contributed by atoms with E-state index in [4.69, 9.17) is 10.8 Å². The van der Waals surface area contributed by atoms with Crippen LogP contribution in [0.15, 0.2) is 23.3 Å². The maximum absolute atomic E-state index is 12.5. The number of hydrogen-bond acceptors (Lipinski definition) is 4. The number of nitrogens with one attached hydrogen (secondary N) is 2. The molecule has 0 aliphatic heterocycles. The third-order valence-corrected chi connectivity index (χ3v) is 9.88. The number of rotatable bonds is 11. The summed E-state index contributed by atoms with van der Waals surface area (Å²) in [6.07, 6.45) is 8.77. The number of terminal acetylenes is 1. The van der Waals surface area contributed by atoms with E-state index in [0.29, 0.717) is 13.0 Å². The standard InChI is InChI=1S/C22H38N2O4Si/c1-10-17(3)20(26)18(4)12-11-16(2)13-23-21(27)19(24-15-25)14-28-29(8,9)22(5,6)7/h1,11-12,15,17,19-20,26H,13-14H2,2-9H3,(H,23,27)(H,24,25)/b16-11+,18-12+/t17-,19-,20-/m0/s1. The van der Waals surface area contributed by atoms with Crippen LogP contribution in [-0.2, 0) is 14.0 Å². The lowest BCUT2D eigenvalue weighted by molar-refractivity contribution is -0.126.